The van der Waals surface area contributed by atoms with Crippen LogP contribution < -0.4 is 10.1 Å². The number of hydrogen-bond acceptors (Lipinski definition) is 4. The first-order chi connectivity index (χ1) is 8.31. The van der Waals surface area contributed by atoms with E-state index in [9.17, 15) is 4.79 Å². The van der Waals surface area contributed by atoms with Gasteiger partial charge in [-0.25, -0.2) is 4.98 Å². The Morgan fingerprint density at radius 2 is 2.17 bits per heavy atom. The Morgan fingerprint density at radius 1 is 1.50 bits per heavy atom. The molecule has 1 rings (SSSR count). The number of nitrogens with zero attached hydrogens (tertiary/aromatic N) is 1. The molecular formula is C13H20N2O3. The molecule has 0 aliphatic heterocycles. The first-order valence-corrected chi connectivity index (χ1v) is 5.81. The highest BCUT2D eigenvalue weighted by atomic mass is 16.5. The van der Waals surface area contributed by atoms with Crippen molar-refractivity contribution in [3.63, 3.8) is 0 Å². The Kier molecular flexibility index (Phi) is 4.67. The summed E-state index contributed by atoms with van der Waals surface area (Å²) < 4.78 is 4.98. The van der Waals surface area contributed by atoms with Gasteiger partial charge in [0.25, 0.3) is 0 Å². The SMILES string of the molecule is COc1ccc([C@H](CC(=O)O)NC(C)(C)C)cn1. The number of aliphatic carboxylic acids is 1. The Hall–Kier alpha value is -1.62. The van der Waals surface area contributed by atoms with Gasteiger partial charge in [0.15, 0.2) is 0 Å². The van der Waals surface area contributed by atoms with E-state index in [0.717, 1.165) is 5.56 Å². The van der Waals surface area contributed by atoms with Gasteiger partial charge in [-0.1, -0.05) is 6.07 Å². The number of ether oxygens (including phenoxy) is 1. The molecule has 0 bridgehead atoms. The Bertz CT molecular complexity index is 396. The van der Waals surface area contributed by atoms with E-state index in [2.05, 4.69) is 10.3 Å². The highest BCUT2D eigenvalue weighted by molar-refractivity contribution is 5.67. The maximum absolute atomic E-state index is 10.9. The van der Waals surface area contributed by atoms with Gasteiger partial charge in [-0.15, -0.1) is 0 Å². The van der Waals surface area contributed by atoms with Gasteiger partial charge in [-0.2, -0.15) is 0 Å². The van der Waals surface area contributed by atoms with E-state index in [1.54, 1.807) is 19.4 Å². The molecule has 5 heteroatoms. The van der Waals surface area contributed by atoms with Crippen LogP contribution in [0.4, 0.5) is 0 Å². The van der Waals surface area contributed by atoms with Crippen LogP contribution in [-0.4, -0.2) is 28.7 Å². The first-order valence-electron chi connectivity index (χ1n) is 5.81. The van der Waals surface area contributed by atoms with Crippen molar-refractivity contribution in [2.75, 3.05) is 7.11 Å². The molecule has 2 N–H and O–H groups in total. The second kappa shape index (κ2) is 5.82. The molecule has 1 heterocycles. The van der Waals surface area contributed by atoms with Gasteiger partial charge >= 0.3 is 5.97 Å². The zero-order valence-electron chi connectivity index (χ0n) is 11.2. The van der Waals surface area contributed by atoms with E-state index >= 15 is 0 Å². The summed E-state index contributed by atoms with van der Waals surface area (Å²) in [6.45, 7) is 6.00. The minimum atomic E-state index is -0.840. The quantitative estimate of drug-likeness (QED) is 0.838. The van der Waals surface area contributed by atoms with Gasteiger partial charge in [-0.3, -0.25) is 4.79 Å². The van der Waals surface area contributed by atoms with Crippen molar-refractivity contribution in [2.24, 2.45) is 0 Å². The lowest BCUT2D eigenvalue weighted by molar-refractivity contribution is -0.137. The highest BCUT2D eigenvalue weighted by Crippen LogP contribution is 2.21. The standard InChI is InChI=1S/C13H20N2O3/c1-13(2,3)15-10(7-12(16)17)9-5-6-11(18-4)14-8-9/h5-6,8,10,15H,7H2,1-4H3,(H,16,17)/t10-/m0/s1. The number of aromatic nitrogens is 1. The van der Waals surface area contributed by atoms with Crippen LogP contribution in [0.5, 0.6) is 5.88 Å². The number of pyridine rings is 1. The van der Waals surface area contributed by atoms with Crippen molar-refractivity contribution >= 4 is 5.97 Å². The van der Waals surface area contributed by atoms with E-state index in [1.807, 2.05) is 26.8 Å². The van der Waals surface area contributed by atoms with Gasteiger partial charge in [0.05, 0.1) is 13.5 Å². The molecule has 5 nitrogen and oxygen atoms in total. The summed E-state index contributed by atoms with van der Waals surface area (Å²) in [5.41, 5.74) is 0.674. The normalized spacial score (nSPS) is 13.1. The molecule has 0 radical (unpaired) electrons. The van der Waals surface area contributed by atoms with Crippen molar-refractivity contribution in [2.45, 2.75) is 38.8 Å². The van der Waals surface area contributed by atoms with E-state index in [0.29, 0.717) is 5.88 Å². The molecule has 0 saturated heterocycles. The van der Waals surface area contributed by atoms with Crippen molar-refractivity contribution in [3.05, 3.63) is 23.9 Å². The van der Waals surface area contributed by atoms with Crippen LogP contribution in [0.3, 0.4) is 0 Å². The largest absolute Gasteiger partial charge is 0.481 e. The van der Waals surface area contributed by atoms with Gasteiger partial charge in [0, 0.05) is 23.8 Å². The lowest BCUT2D eigenvalue weighted by atomic mass is 10.0. The Morgan fingerprint density at radius 3 is 2.56 bits per heavy atom. The maximum atomic E-state index is 10.9. The minimum Gasteiger partial charge on any atom is -0.481 e. The summed E-state index contributed by atoms with van der Waals surface area (Å²) in [6, 6.07) is 3.30. The molecule has 0 aliphatic rings. The van der Waals surface area contributed by atoms with Crippen molar-refractivity contribution < 1.29 is 14.6 Å². The summed E-state index contributed by atoms with van der Waals surface area (Å²) in [6.07, 6.45) is 1.66. The molecule has 0 saturated carbocycles. The summed E-state index contributed by atoms with van der Waals surface area (Å²) in [5, 5.41) is 12.2. The molecular weight excluding hydrogens is 232 g/mol. The number of hydrogen-bond donors (Lipinski definition) is 2. The van der Waals surface area contributed by atoms with E-state index in [-0.39, 0.29) is 18.0 Å². The monoisotopic (exact) mass is 252 g/mol. The third-order valence-electron chi connectivity index (χ3n) is 2.36. The van der Waals surface area contributed by atoms with Crippen LogP contribution in [0.2, 0.25) is 0 Å². The average Bonchev–Trinajstić information content (AvgIpc) is 2.26. The number of rotatable bonds is 5. The lowest BCUT2D eigenvalue weighted by Crippen LogP contribution is -2.39. The molecule has 1 aromatic heterocycles. The Balaban J connectivity index is 2.90. The second-order valence-corrected chi connectivity index (χ2v) is 5.18. The molecule has 1 aromatic rings. The van der Waals surface area contributed by atoms with Crippen LogP contribution >= 0.6 is 0 Å². The number of nitrogens with one attached hydrogen (secondary N) is 1. The summed E-state index contributed by atoms with van der Waals surface area (Å²) in [5.74, 6) is -0.323. The molecule has 0 aromatic carbocycles. The van der Waals surface area contributed by atoms with Gasteiger partial charge < -0.3 is 15.2 Å². The van der Waals surface area contributed by atoms with E-state index < -0.39 is 5.97 Å². The third-order valence-corrected chi connectivity index (χ3v) is 2.36. The lowest BCUT2D eigenvalue weighted by Gasteiger charge is -2.27. The molecule has 100 valence electrons. The van der Waals surface area contributed by atoms with Gasteiger partial charge in [0.1, 0.15) is 0 Å². The van der Waals surface area contributed by atoms with Gasteiger partial charge in [0.2, 0.25) is 5.88 Å². The molecule has 0 aliphatic carbocycles. The third kappa shape index (κ3) is 4.71. The van der Waals surface area contributed by atoms with E-state index in [4.69, 9.17) is 9.84 Å². The first kappa shape index (κ1) is 14.4. The van der Waals surface area contributed by atoms with Gasteiger partial charge in [-0.05, 0) is 26.3 Å². The van der Waals surface area contributed by atoms with Crippen molar-refractivity contribution in [3.8, 4) is 5.88 Å². The fourth-order valence-corrected chi connectivity index (χ4v) is 1.67. The predicted molar refractivity (Wildman–Crippen MR) is 68.7 cm³/mol. The number of carbonyl (C=O) groups is 1. The smallest absolute Gasteiger partial charge is 0.305 e. The summed E-state index contributed by atoms with van der Waals surface area (Å²) in [4.78, 5) is 15.0. The topological polar surface area (TPSA) is 71.5 Å². The highest BCUT2D eigenvalue weighted by Gasteiger charge is 2.21. The number of methoxy groups -OCH3 is 1. The fourth-order valence-electron chi connectivity index (χ4n) is 1.67. The van der Waals surface area contributed by atoms with Crippen molar-refractivity contribution in [1.82, 2.24) is 10.3 Å². The van der Waals surface area contributed by atoms with Crippen LogP contribution in [0.1, 0.15) is 38.8 Å². The average molecular weight is 252 g/mol. The zero-order chi connectivity index (χ0) is 13.8. The van der Waals surface area contributed by atoms with Crippen LogP contribution in [0.25, 0.3) is 0 Å². The van der Waals surface area contributed by atoms with Crippen molar-refractivity contribution in [1.29, 1.82) is 0 Å². The maximum Gasteiger partial charge on any atom is 0.305 e. The molecule has 0 fully saturated rings. The molecule has 0 spiro atoms. The molecule has 18 heavy (non-hydrogen) atoms. The number of carboxylic acids is 1. The van der Waals surface area contributed by atoms with Crippen LogP contribution in [0.15, 0.2) is 18.3 Å². The second-order valence-electron chi connectivity index (χ2n) is 5.18. The van der Waals surface area contributed by atoms with Crippen LogP contribution in [-0.2, 0) is 4.79 Å². The minimum absolute atomic E-state index is 0.0191. The fraction of sp³-hybridized carbons (Fsp3) is 0.538. The summed E-state index contributed by atoms with van der Waals surface area (Å²) in [7, 11) is 1.55. The predicted octanol–water partition coefficient (Wildman–Crippen LogP) is 1.99. The zero-order valence-corrected chi connectivity index (χ0v) is 11.2. The molecule has 1 atom stereocenters. The number of carboxylic acid groups (broad SMARTS) is 1. The molecule has 0 amide bonds. The Labute approximate surface area is 107 Å². The van der Waals surface area contributed by atoms with E-state index in [1.165, 1.54) is 0 Å². The summed E-state index contributed by atoms with van der Waals surface area (Å²) >= 11 is 0. The molecule has 0 unspecified atom stereocenters. The van der Waals surface area contributed by atoms with Crippen LogP contribution in [0, 0.1) is 0 Å².